The number of amides is 1. The fourth-order valence-corrected chi connectivity index (χ4v) is 3.22. The zero-order valence-electron chi connectivity index (χ0n) is 15.2. The van der Waals surface area contributed by atoms with Gasteiger partial charge in [0.2, 0.25) is 5.91 Å². The summed E-state index contributed by atoms with van der Waals surface area (Å²) in [5.41, 5.74) is 7.27. The molecule has 0 bridgehead atoms. The van der Waals surface area contributed by atoms with E-state index < -0.39 is 0 Å². The summed E-state index contributed by atoms with van der Waals surface area (Å²) in [5.74, 6) is 1.67. The van der Waals surface area contributed by atoms with Crippen molar-refractivity contribution in [3.05, 3.63) is 47.0 Å². The largest absolute Gasteiger partial charge is 0.497 e. The number of rotatable bonds is 7. The Hall–Kier alpha value is -2.60. The third-order valence-corrected chi connectivity index (χ3v) is 4.58. The van der Waals surface area contributed by atoms with E-state index in [4.69, 9.17) is 31.5 Å². The summed E-state index contributed by atoms with van der Waals surface area (Å²) >= 11 is 6.40. The van der Waals surface area contributed by atoms with Crippen molar-refractivity contribution in [3.63, 3.8) is 0 Å². The Labute approximate surface area is 163 Å². The predicted octanol–water partition coefficient (Wildman–Crippen LogP) is 3.39. The van der Waals surface area contributed by atoms with Crippen LogP contribution in [0.15, 0.2) is 36.4 Å². The van der Waals surface area contributed by atoms with Gasteiger partial charge in [0.15, 0.2) is 11.5 Å². The quantitative estimate of drug-likeness (QED) is 0.784. The highest BCUT2D eigenvalue weighted by atomic mass is 35.5. The van der Waals surface area contributed by atoms with Crippen LogP contribution < -0.4 is 24.8 Å². The number of nitrogens with two attached hydrogens (primary N) is 1. The van der Waals surface area contributed by atoms with Gasteiger partial charge in [0, 0.05) is 31.6 Å². The van der Waals surface area contributed by atoms with Gasteiger partial charge >= 0.3 is 0 Å². The van der Waals surface area contributed by atoms with Gasteiger partial charge in [-0.3, -0.25) is 4.79 Å². The minimum Gasteiger partial charge on any atom is -0.497 e. The lowest BCUT2D eigenvalue weighted by atomic mass is 10.1. The standard InChI is InChI=1S/C20H23ClN2O4/c1-25-16-5-3-15(4-6-16)23(8-7-19(22)24)13-14-11-17(21)20-18(12-14)26-9-2-10-27-20/h3-6,11-12H,2,7-10,13H2,1H3,(H2,22,24). The average molecular weight is 391 g/mol. The van der Waals surface area contributed by atoms with E-state index in [1.807, 2.05) is 36.4 Å². The average Bonchev–Trinajstić information content (AvgIpc) is 2.91. The van der Waals surface area contributed by atoms with Crippen molar-refractivity contribution < 1.29 is 19.0 Å². The fourth-order valence-electron chi connectivity index (χ4n) is 2.93. The van der Waals surface area contributed by atoms with Crippen LogP contribution in [0.1, 0.15) is 18.4 Å². The van der Waals surface area contributed by atoms with Crippen molar-refractivity contribution in [2.45, 2.75) is 19.4 Å². The number of benzene rings is 2. The first-order valence-corrected chi connectivity index (χ1v) is 9.20. The van der Waals surface area contributed by atoms with Crippen LogP contribution in [0.25, 0.3) is 0 Å². The van der Waals surface area contributed by atoms with E-state index in [9.17, 15) is 4.79 Å². The summed E-state index contributed by atoms with van der Waals surface area (Å²) in [6.45, 7) is 2.23. The number of fused-ring (bicyclic) bond motifs is 1. The summed E-state index contributed by atoms with van der Waals surface area (Å²) in [5, 5.41) is 0.522. The van der Waals surface area contributed by atoms with E-state index in [-0.39, 0.29) is 12.3 Å². The second kappa shape index (κ2) is 8.86. The molecule has 0 fully saturated rings. The van der Waals surface area contributed by atoms with Crippen LogP contribution in [0, 0.1) is 0 Å². The molecule has 2 N–H and O–H groups in total. The highest BCUT2D eigenvalue weighted by molar-refractivity contribution is 6.32. The molecule has 144 valence electrons. The molecule has 1 amide bonds. The van der Waals surface area contributed by atoms with Crippen LogP contribution in [0.2, 0.25) is 5.02 Å². The molecular formula is C20H23ClN2O4. The smallest absolute Gasteiger partial charge is 0.219 e. The van der Waals surface area contributed by atoms with Crippen molar-refractivity contribution in [2.75, 3.05) is 31.8 Å². The SMILES string of the molecule is COc1ccc(N(CCC(N)=O)Cc2cc(Cl)c3c(c2)OCCCO3)cc1. The zero-order chi connectivity index (χ0) is 19.2. The number of hydrogen-bond acceptors (Lipinski definition) is 5. The molecule has 2 aromatic rings. The highest BCUT2D eigenvalue weighted by Crippen LogP contribution is 2.38. The molecule has 0 saturated carbocycles. The van der Waals surface area contributed by atoms with E-state index in [2.05, 4.69) is 4.90 Å². The van der Waals surface area contributed by atoms with Crippen molar-refractivity contribution >= 4 is 23.2 Å². The van der Waals surface area contributed by atoms with Gasteiger partial charge in [-0.2, -0.15) is 0 Å². The lowest BCUT2D eigenvalue weighted by molar-refractivity contribution is -0.117. The molecule has 0 aromatic heterocycles. The molecule has 1 aliphatic heterocycles. The number of methoxy groups -OCH3 is 1. The Morgan fingerprint density at radius 2 is 1.96 bits per heavy atom. The Kier molecular flexibility index (Phi) is 6.29. The monoisotopic (exact) mass is 390 g/mol. The lowest BCUT2D eigenvalue weighted by Gasteiger charge is -2.25. The lowest BCUT2D eigenvalue weighted by Crippen LogP contribution is -2.27. The fraction of sp³-hybridized carbons (Fsp3) is 0.350. The predicted molar refractivity (Wildman–Crippen MR) is 105 cm³/mol. The molecule has 0 radical (unpaired) electrons. The molecule has 1 aliphatic rings. The summed E-state index contributed by atoms with van der Waals surface area (Å²) < 4.78 is 16.7. The van der Waals surface area contributed by atoms with Crippen molar-refractivity contribution in [2.24, 2.45) is 5.73 Å². The minimum atomic E-state index is -0.342. The van der Waals surface area contributed by atoms with Gasteiger partial charge in [0.05, 0.1) is 25.3 Å². The van der Waals surface area contributed by atoms with Crippen LogP contribution >= 0.6 is 11.6 Å². The van der Waals surface area contributed by atoms with Gasteiger partial charge in [0.1, 0.15) is 5.75 Å². The molecule has 27 heavy (non-hydrogen) atoms. The van der Waals surface area contributed by atoms with Gasteiger partial charge in [0.25, 0.3) is 0 Å². The molecule has 0 spiro atoms. The van der Waals surface area contributed by atoms with Gasteiger partial charge < -0.3 is 24.8 Å². The number of anilines is 1. The molecular weight excluding hydrogens is 368 g/mol. The zero-order valence-corrected chi connectivity index (χ0v) is 16.0. The number of carbonyl (C=O) groups is 1. The first-order chi connectivity index (χ1) is 13.1. The Bertz CT molecular complexity index is 795. The van der Waals surface area contributed by atoms with Gasteiger partial charge in [-0.05, 0) is 42.0 Å². The second-order valence-corrected chi connectivity index (χ2v) is 6.70. The molecule has 0 aliphatic carbocycles. The molecule has 1 heterocycles. The van der Waals surface area contributed by atoms with Crippen molar-refractivity contribution in [1.29, 1.82) is 0 Å². The van der Waals surface area contributed by atoms with Crippen LogP contribution in [-0.4, -0.2) is 32.8 Å². The maximum absolute atomic E-state index is 11.3. The van der Waals surface area contributed by atoms with Crippen LogP contribution in [0.4, 0.5) is 5.69 Å². The van der Waals surface area contributed by atoms with E-state index in [1.54, 1.807) is 7.11 Å². The molecule has 0 unspecified atom stereocenters. The number of hydrogen-bond donors (Lipinski definition) is 1. The third-order valence-electron chi connectivity index (χ3n) is 4.30. The van der Waals surface area contributed by atoms with Crippen molar-refractivity contribution in [1.82, 2.24) is 0 Å². The van der Waals surface area contributed by atoms with Crippen molar-refractivity contribution in [3.8, 4) is 17.2 Å². The first kappa shape index (κ1) is 19.2. The van der Waals surface area contributed by atoms with Crippen LogP contribution in [0.3, 0.4) is 0 Å². The van der Waals surface area contributed by atoms with Gasteiger partial charge in [-0.25, -0.2) is 0 Å². The maximum Gasteiger partial charge on any atom is 0.219 e. The van der Waals surface area contributed by atoms with Crippen LogP contribution in [-0.2, 0) is 11.3 Å². The van der Waals surface area contributed by atoms with Gasteiger partial charge in [-0.1, -0.05) is 11.6 Å². The van der Waals surface area contributed by atoms with E-state index in [0.717, 1.165) is 23.4 Å². The molecule has 2 aromatic carbocycles. The summed E-state index contributed by atoms with van der Waals surface area (Å²) in [6.07, 6.45) is 1.07. The third kappa shape index (κ3) is 4.98. The van der Waals surface area contributed by atoms with E-state index in [0.29, 0.717) is 42.8 Å². The summed E-state index contributed by atoms with van der Waals surface area (Å²) in [4.78, 5) is 13.4. The van der Waals surface area contributed by atoms with E-state index >= 15 is 0 Å². The Balaban J connectivity index is 1.85. The molecule has 7 heteroatoms. The number of primary amides is 1. The minimum absolute atomic E-state index is 0.254. The topological polar surface area (TPSA) is 74.0 Å². The second-order valence-electron chi connectivity index (χ2n) is 6.29. The number of carbonyl (C=O) groups excluding carboxylic acids is 1. The number of ether oxygens (including phenoxy) is 3. The summed E-state index contributed by atoms with van der Waals surface area (Å²) in [7, 11) is 1.62. The Morgan fingerprint density at radius 3 is 2.67 bits per heavy atom. The Morgan fingerprint density at radius 1 is 1.22 bits per heavy atom. The molecule has 3 rings (SSSR count). The molecule has 0 atom stereocenters. The molecule has 6 nitrogen and oxygen atoms in total. The maximum atomic E-state index is 11.3. The highest BCUT2D eigenvalue weighted by Gasteiger charge is 2.17. The summed E-state index contributed by atoms with van der Waals surface area (Å²) in [6, 6.07) is 11.5. The molecule has 0 saturated heterocycles. The first-order valence-electron chi connectivity index (χ1n) is 8.82. The number of halogens is 1. The normalized spacial score (nSPS) is 13.0. The number of nitrogens with zero attached hydrogens (tertiary/aromatic N) is 1. The van der Waals surface area contributed by atoms with E-state index in [1.165, 1.54) is 0 Å². The van der Waals surface area contributed by atoms with Gasteiger partial charge in [-0.15, -0.1) is 0 Å². The van der Waals surface area contributed by atoms with Crippen LogP contribution in [0.5, 0.6) is 17.2 Å².